The summed E-state index contributed by atoms with van der Waals surface area (Å²) in [5, 5.41) is 12.5. The molecule has 3 fully saturated rings. The molecule has 6 rings (SSSR count). The van der Waals surface area contributed by atoms with Crippen molar-refractivity contribution >= 4 is 18.0 Å². The first-order valence-corrected chi connectivity index (χ1v) is 12.0. The van der Waals surface area contributed by atoms with Crippen LogP contribution >= 0.6 is 0 Å². The molecule has 2 aliphatic carbocycles. The van der Waals surface area contributed by atoms with Crippen molar-refractivity contribution in [3.63, 3.8) is 0 Å². The summed E-state index contributed by atoms with van der Waals surface area (Å²) in [6.45, 7) is 4.53. The quantitative estimate of drug-likeness (QED) is 0.648. The maximum atomic E-state index is 13.3. The van der Waals surface area contributed by atoms with Crippen LogP contribution < -0.4 is 5.32 Å². The standard InChI is InChI=1S/C27H30N2O5/c1-16(2)11-23(24(30)29-14-17-12-27(29,13-17)25(31)32)28-26(33)34-15-22-20-9-5-3-7-18(20)19-8-4-6-10-21(19)22/h3-10,16-17,22-23H,11-15H2,1-2H3,(H,28,33)(H,31,32). The summed E-state index contributed by atoms with van der Waals surface area (Å²) >= 11 is 0. The zero-order chi connectivity index (χ0) is 24.0. The molecule has 1 saturated carbocycles. The van der Waals surface area contributed by atoms with Gasteiger partial charge in [-0.05, 0) is 53.4 Å². The molecule has 0 spiro atoms. The first-order valence-electron chi connectivity index (χ1n) is 12.0. The van der Waals surface area contributed by atoms with E-state index in [1.807, 2.05) is 38.1 Å². The van der Waals surface area contributed by atoms with E-state index in [4.69, 9.17) is 4.74 Å². The van der Waals surface area contributed by atoms with Gasteiger partial charge in [-0.2, -0.15) is 0 Å². The lowest BCUT2D eigenvalue weighted by atomic mass is 9.73. The van der Waals surface area contributed by atoms with Crippen molar-refractivity contribution in [1.29, 1.82) is 0 Å². The van der Waals surface area contributed by atoms with E-state index in [2.05, 4.69) is 29.6 Å². The van der Waals surface area contributed by atoms with Crippen LogP contribution in [0.1, 0.15) is 50.2 Å². The number of nitrogens with one attached hydrogen (secondary N) is 1. The molecule has 1 unspecified atom stereocenters. The molecule has 0 radical (unpaired) electrons. The molecule has 1 atom stereocenters. The van der Waals surface area contributed by atoms with Gasteiger partial charge < -0.3 is 20.1 Å². The van der Waals surface area contributed by atoms with Gasteiger partial charge in [-0.15, -0.1) is 0 Å². The second-order valence-electron chi connectivity index (χ2n) is 10.2. The molecule has 7 nitrogen and oxygen atoms in total. The number of carbonyl (C=O) groups excluding carboxylic acids is 2. The number of hydrogen-bond acceptors (Lipinski definition) is 4. The Bertz CT molecular complexity index is 1090. The molecule has 2 aliphatic heterocycles. The number of benzene rings is 2. The Morgan fingerprint density at radius 1 is 1.06 bits per heavy atom. The number of carboxylic acid groups (broad SMARTS) is 1. The topological polar surface area (TPSA) is 95.9 Å². The summed E-state index contributed by atoms with van der Waals surface area (Å²) < 4.78 is 5.64. The Kier molecular flexibility index (Phi) is 5.58. The van der Waals surface area contributed by atoms with E-state index in [-0.39, 0.29) is 30.3 Å². The number of rotatable bonds is 7. The lowest BCUT2D eigenvalue weighted by Gasteiger charge is -2.39. The molecule has 2 N–H and O–H groups in total. The third-order valence-corrected chi connectivity index (χ3v) is 7.52. The van der Waals surface area contributed by atoms with E-state index >= 15 is 0 Å². The van der Waals surface area contributed by atoms with Crippen LogP contribution in [-0.2, 0) is 14.3 Å². The Labute approximate surface area is 199 Å². The highest BCUT2D eigenvalue weighted by Crippen LogP contribution is 2.51. The molecule has 34 heavy (non-hydrogen) atoms. The van der Waals surface area contributed by atoms with E-state index in [9.17, 15) is 19.5 Å². The second kappa shape index (κ2) is 8.46. The summed E-state index contributed by atoms with van der Waals surface area (Å²) in [5.74, 6) is -0.988. The van der Waals surface area contributed by atoms with Crippen LogP contribution in [0.15, 0.2) is 48.5 Å². The first-order chi connectivity index (χ1) is 16.3. The first kappa shape index (κ1) is 22.4. The van der Waals surface area contributed by atoms with E-state index in [1.165, 1.54) is 4.90 Å². The number of nitrogens with zero attached hydrogens (tertiary/aromatic N) is 1. The monoisotopic (exact) mass is 462 g/mol. The smallest absolute Gasteiger partial charge is 0.407 e. The van der Waals surface area contributed by atoms with Gasteiger partial charge in [0, 0.05) is 12.5 Å². The van der Waals surface area contributed by atoms with Crippen LogP contribution in [0.3, 0.4) is 0 Å². The molecule has 178 valence electrons. The van der Waals surface area contributed by atoms with Gasteiger partial charge >= 0.3 is 12.1 Å². The molecule has 2 aromatic rings. The fourth-order valence-corrected chi connectivity index (χ4v) is 5.93. The summed E-state index contributed by atoms with van der Waals surface area (Å²) in [7, 11) is 0. The number of ether oxygens (including phenoxy) is 1. The molecule has 2 bridgehead atoms. The Morgan fingerprint density at radius 2 is 1.65 bits per heavy atom. The molecule has 0 aromatic heterocycles. The van der Waals surface area contributed by atoms with Gasteiger partial charge in [0.15, 0.2) is 0 Å². The number of aliphatic carboxylic acids is 1. The molecule has 2 amide bonds. The van der Waals surface area contributed by atoms with Crippen molar-refractivity contribution in [2.24, 2.45) is 11.8 Å². The summed E-state index contributed by atoms with van der Waals surface area (Å²) in [6, 6.07) is 15.4. The third kappa shape index (κ3) is 3.63. The largest absolute Gasteiger partial charge is 0.479 e. The highest BCUT2D eigenvalue weighted by Gasteiger charge is 2.63. The van der Waals surface area contributed by atoms with Crippen LogP contribution in [0.2, 0.25) is 0 Å². The van der Waals surface area contributed by atoms with Crippen LogP contribution in [0.4, 0.5) is 4.79 Å². The van der Waals surface area contributed by atoms with Crippen molar-refractivity contribution in [3.05, 3.63) is 59.7 Å². The SMILES string of the molecule is CC(C)CC(NC(=O)OCC1c2ccccc2-c2ccccc21)C(=O)N1CC2CC1(C(=O)O)C2. The van der Waals surface area contributed by atoms with Crippen LogP contribution in [-0.4, -0.2) is 52.7 Å². The summed E-state index contributed by atoms with van der Waals surface area (Å²) in [6.07, 6.45) is 0.748. The minimum Gasteiger partial charge on any atom is -0.479 e. The Morgan fingerprint density at radius 3 is 2.21 bits per heavy atom. The van der Waals surface area contributed by atoms with E-state index in [0.717, 1.165) is 22.3 Å². The predicted octanol–water partition coefficient (Wildman–Crippen LogP) is 4.02. The number of carbonyl (C=O) groups is 3. The molecule has 2 aromatic carbocycles. The van der Waals surface area contributed by atoms with Gasteiger partial charge in [-0.1, -0.05) is 62.4 Å². The average molecular weight is 463 g/mol. The predicted molar refractivity (Wildman–Crippen MR) is 126 cm³/mol. The van der Waals surface area contributed by atoms with Gasteiger partial charge in [0.2, 0.25) is 5.91 Å². The summed E-state index contributed by atoms with van der Waals surface area (Å²) in [5.41, 5.74) is 3.41. The van der Waals surface area contributed by atoms with Gasteiger partial charge in [0.05, 0.1) is 0 Å². The zero-order valence-electron chi connectivity index (χ0n) is 19.5. The average Bonchev–Trinajstić information content (AvgIpc) is 3.45. The lowest BCUT2D eigenvalue weighted by molar-refractivity contribution is -0.159. The number of amides is 2. The molecule has 2 heterocycles. The number of fused-ring (bicyclic) bond motifs is 4. The van der Waals surface area contributed by atoms with Crippen LogP contribution in [0.5, 0.6) is 0 Å². The minimum absolute atomic E-state index is 0.0708. The van der Waals surface area contributed by atoms with Gasteiger partial charge in [0.25, 0.3) is 0 Å². The fourth-order valence-electron chi connectivity index (χ4n) is 5.93. The molecular weight excluding hydrogens is 432 g/mol. The van der Waals surface area contributed by atoms with Crippen molar-refractivity contribution < 1.29 is 24.2 Å². The highest BCUT2D eigenvalue weighted by molar-refractivity contribution is 5.93. The molecule has 2 saturated heterocycles. The zero-order valence-corrected chi connectivity index (χ0v) is 19.5. The van der Waals surface area contributed by atoms with Gasteiger partial charge in [-0.25, -0.2) is 9.59 Å². The van der Waals surface area contributed by atoms with Crippen molar-refractivity contribution in [1.82, 2.24) is 10.2 Å². The fraction of sp³-hybridized carbons (Fsp3) is 0.444. The lowest BCUT2D eigenvalue weighted by Crippen LogP contribution is -2.59. The van der Waals surface area contributed by atoms with Crippen molar-refractivity contribution in [2.75, 3.05) is 13.2 Å². The second-order valence-corrected chi connectivity index (χ2v) is 10.2. The van der Waals surface area contributed by atoms with Crippen molar-refractivity contribution in [3.8, 4) is 11.1 Å². The third-order valence-electron chi connectivity index (χ3n) is 7.52. The normalized spacial score (nSPS) is 23.1. The van der Waals surface area contributed by atoms with Gasteiger partial charge in [0.1, 0.15) is 18.2 Å². The van der Waals surface area contributed by atoms with E-state index in [0.29, 0.717) is 25.8 Å². The Balaban J connectivity index is 1.28. The van der Waals surface area contributed by atoms with Crippen molar-refractivity contribution in [2.45, 2.75) is 50.6 Å². The summed E-state index contributed by atoms with van der Waals surface area (Å²) in [4.78, 5) is 39.5. The maximum Gasteiger partial charge on any atom is 0.407 e. The number of hydrogen-bond donors (Lipinski definition) is 2. The van der Waals surface area contributed by atoms with Crippen LogP contribution in [0, 0.1) is 11.8 Å². The molecule has 7 heteroatoms. The highest BCUT2D eigenvalue weighted by atomic mass is 16.5. The Hall–Kier alpha value is -3.35. The minimum atomic E-state index is -1.11. The number of carboxylic acids is 1. The van der Waals surface area contributed by atoms with Crippen LogP contribution in [0.25, 0.3) is 11.1 Å². The molecule has 4 aliphatic rings. The molecular formula is C27H30N2O5. The van der Waals surface area contributed by atoms with E-state index in [1.54, 1.807) is 0 Å². The number of alkyl carbamates (subject to hydrolysis) is 1. The van der Waals surface area contributed by atoms with E-state index < -0.39 is 23.6 Å². The van der Waals surface area contributed by atoms with Gasteiger partial charge in [-0.3, -0.25) is 4.79 Å². The maximum absolute atomic E-state index is 13.3.